The Morgan fingerprint density at radius 1 is 1.25 bits per heavy atom. The first-order valence-corrected chi connectivity index (χ1v) is 4.02. The van der Waals surface area contributed by atoms with Gasteiger partial charge in [-0.25, -0.2) is 0 Å². The third-order valence-corrected chi connectivity index (χ3v) is 1.36. The summed E-state index contributed by atoms with van der Waals surface area (Å²) >= 11 is 0. The van der Waals surface area contributed by atoms with E-state index in [9.17, 15) is 0 Å². The van der Waals surface area contributed by atoms with Gasteiger partial charge in [-0.2, -0.15) is 0 Å². The minimum Gasteiger partial charge on any atom is -0.424 e. The average molecular weight is 169 g/mol. The fourth-order valence-electron chi connectivity index (χ4n) is 0.896. The Kier molecular flexibility index (Phi) is 2.47. The molecule has 0 atom stereocenters. The molecule has 0 aliphatic heterocycles. The first kappa shape index (κ1) is 9.19. The van der Waals surface area contributed by atoms with Crippen LogP contribution in [0.25, 0.3) is 0 Å². The van der Waals surface area contributed by atoms with E-state index in [1.54, 1.807) is 0 Å². The fraction of sp³-hybridized carbons (Fsp3) is 0.750. The molecule has 1 aromatic rings. The summed E-state index contributed by atoms with van der Waals surface area (Å²) in [6.07, 6.45) is 0.792. The smallest absolute Gasteiger partial charge is 0.230 e. The predicted octanol–water partition coefficient (Wildman–Crippen LogP) is 1.12. The summed E-state index contributed by atoms with van der Waals surface area (Å²) in [5.41, 5.74) is 5.51. The lowest BCUT2D eigenvalue weighted by atomic mass is 9.92. The maximum absolute atomic E-state index is 5.33. The molecule has 12 heavy (non-hydrogen) atoms. The van der Waals surface area contributed by atoms with Crippen LogP contribution in [0.3, 0.4) is 0 Å². The average Bonchev–Trinajstić information content (AvgIpc) is 2.32. The molecule has 0 saturated heterocycles. The monoisotopic (exact) mass is 169 g/mol. The Balaban J connectivity index is 2.64. The van der Waals surface area contributed by atoms with Crippen molar-refractivity contribution in [2.75, 3.05) is 0 Å². The van der Waals surface area contributed by atoms with E-state index in [4.69, 9.17) is 10.2 Å². The van der Waals surface area contributed by atoms with Crippen molar-refractivity contribution in [2.24, 2.45) is 11.1 Å². The molecule has 0 spiro atoms. The summed E-state index contributed by atoms with van der Waals surface area (Å²) < 4.78 is 5.26. The highest BCUT2D eigenvalue weighted by Gasteiger charge is 2.15. The zero-order chi connectivity index (χ0) is 9.19. The normalized spacial score (nSPS) is 12.0. The van der Waals surface area contributed by atoms with Crippen LogP contribution in [0.5, 0.6) is 0 Å². The molecule has 0 bridgehead atoms. The van der Waals surface area contributed by atoms with Crippen LogP contribution in [0.1, 0.15) is 32.6 Å². The Labute approximate surface area is 72.2 Å². The Hall–Kier alpha value is -0.900. The van der Waals surface area contributed by atoms with Gasteiger partial charge in [-0.05, 0) is 5.41 Å². The SMILES string of the molecule is CC(C)(C)Cc1nnc(CN)o1. The highest BCUT2D eigenvalue weighted by Crippen LogP contribution is 2.19. The molecule has 0 radical (unpaired) electrons. The van der Waals surface area contributed by atoms with Gasteiger partial charge in [-0.1, -0.05) is 20.8 Å². The van der Waals surface area contributed by atoms with Crippen molar-refractivity contribution in [1.29, 1.82) is 0 Å². The van der Waals surface area contributed by atoms with Gasteiger partial charge in [0.25, 0.3) is 0 Å². The van der Waals surface area contributed by atoms with E-state index in [0.29, 0.717) is 18.3 Å². The van der Waals surface area contributed by atoms with Crippen molar-refractivity contribution >= 4 is 0 Å². The molecular weight excluding hydrogens is 154 g/mol. The Bertz CT molecular complexity index is 249. The van der Waals surface area contributed by atoms with Gasteiger partial charge in [0.2, 0.25) is 11.8 Å². The molecule has 1 rings (SSSR count). The molecule has 1 heterocycles. The standard InChI is InChI=1S/C8H15N3O/c1-8(2,3)4-6-10-11-7(5-9)12-6/h4-5,9H2,1-3H3. The summed E-state index contributed by atoms with van der Waals surface area (Å²) in [7, 11) is 0. The largest absolute Gasteiger partial charge is 0.424 e. The van der Waals surface area contributed by atoms with E-state index in [1.165, 1.54) is 0 Å². The van der Waals surface area contributed by atoms with Crippen molar-refractivity contribution in [3.8, 4) is 0 Å². The molecule has 0 amide bonds. The first-order chi connectivity index (χ1) is 5.51. The minimum atomic E-state index is 0.179. The summed E-state index contributed by atoms with van der Waals surface area (Å²) in [4.78, 5) is 0. The molecular formula is C8H15N3O. The second-order valence-corrected chi connectivity index (χ2v) is 4.03. The third kappa shape index (κ3) is 2.62. The van der Waals surface area contributed by atoms with Crippen LogP contribution in [-0.2, 0) is 13.0 Å². The minimum absolute atomic E-state index is 0.179. The topological polar surface area (TPSA) is 64.9 Å². The van der Waals surface area contributed by atoms with Crippen LogP contribution in [0.2, 0.25) is 0 Å². The number of rotatable bonds is 2. The zero-order valence-corrected chi connectivity index (χ0v) is 7.79. The number of nitrogens with two attached hydrogens (primary N) is 1. The van der Waals surface area contributed by atoms with Gasteiger partial charge in [0.1, 0.15) is 0 Å². The lowest BCUT2D eigenvalue weighted by Crippen LogP contribution is -2.09. The van der Waals surface area contributed by atoms with Crippen molar-refractivity contribution in [3.05, 3.63) is 11.8 Å². The second kappa shape index (κ2) is 3.23. The van der Waals surface area contributed by atoms with Crippen molar-refractivity contribution in [1.82, 2.24) is 10.2 Å². The zero-order valence-electron chi connectivity index (χ0n) is 7.79. The lowest BCUT2D eigenvalue weighted by molar-refractivity contribution is 0.345. The van der Waals surface area contributed by atoms with E-state index in [1.807, 2.05) is 0 Å². The number of hydrogen-bond donors (Lipinski definition) is 1. The van der Waals surface area contributed by atoms with Crippen molar-refractivity contribution < 1.29 is 4.42 Å². The summed E-state index contributed by atoms with van der Waals surface area (Å²) in [6.45, 7) is 6.69. The van der Waals surface area contributed by atoms with Crippen LogP contribution in [0.4, 0.5) is 0 Å². The van der Waals surface area contributed by atoms with E-state index >= 15 is 0 Å². The van der Waals surface area contributed by atoms with Crippen LogP contribution >= 0.6 is 0 Å². The van der Waals surface area contributed by atoms with Crippen molar-refractivity contribution in [3.63, 3.8) is 0 Å². The van der Waals surface area contributed by atoms with E-state index in [-0.39, 0.29) is 5.41 Å². The molecule has 0 aliphatic carbocycles. The quantitative estimate of drug-likeness (QED) is 0.720. The summed E-state index contributed by atoms with van der Waals surface area (Å²) in [6, 6.07) is 0. The van der Waals surface area contributed by atoms with E-state index in [2.05, 4.69) is 31.0 Å². The predicted molar refractivity (Wildman–Crippen MR) is 45.3 cm³/mol. The van der Waals surface area contributed by atoms with Crippen LogP contribution in [0, 0.1) is 5.41 Å². The van der Waals surface area contributed by atoms with E-state index < -0.39 is 0 Å². The molecule has 2 N–H and O–H groups in total. The van der Waals surface area contributed by atoms with Gasteiger partial charge in [-0.3, -0.25) is 0 Å². The molecule has 4 heteroatoms. The molecule has 0 unspecified atom stereocenters. The highest BCUT2D eigenvalue weighted by atomic mass is 16.4. The molecule has 0 saturated carbocycles. The first-order valence-electron chi connectivity index (χ1n) is 4.02. The maximum Gasteiger partial charge on any atom is 0.230 e. The molecule has 0 aliphatic rings. The van der Waals surface area contributed by atoms with Gasteiger partial charge in [0, 0.05) is 6.42 Å². The second-order valence-electron chi connectivity index (χ2n) is 4.03. The van der Waals surface area contributed by atoms with E-state index in [0.717, 1.165) is 6.42 Å². The maximum atomic E-state index is 5.33. The van der Waals surface area contributed by atoms with Gasteiger partial charge >= 0.3 is 0 Å². The van der Waals surface area contributed by atoms with Gasteiger partial charge in [0.15, 0.2) is 0 Å². The Morgan fingerprint density at radius 3 is 2.25 bits per heavy atom. The van der Waals surface area contributed by atoms with Crippen LogP contribution in [0.15, 0.2) is 4.42 Å². The number of nitrogens with zero attached hydrogens (tertiary/aromatic N) is 2. The molecule has 68 valence electrons. The van der Waals surface area contributed by atoms with Crippen LogP contribution in [-0.4, -0.2) is 10.2 Å². The molecule has 1 aromatic heterocycles. The third-order valence-electron chi connectivity index (χ3n) is 1.36. The number of hydrogen-bond acceptors (Lipinski definition) is 4. The lowest BCUT2D eigenvalue weighted by Gasteiger charge is -2.14. The highest BCUT2D eigenvalue weighted by molar-refractivity contribution is 4.85. The van der Waals surface area contributed by atoms with Gasteiger partial charge < -0.3 is 10.2 Å². The van der Waals surface area contributed by atoms with Gasteiger partial charge in [-0.15, -0.1) is 10.2 Å². The van der Waals surface area contributed by atoms with Gasteiger partial charge in [0.05, 0.1) is 6.54 Å². The molecule has 4 nitrogen and oxygen atoms in total. The van der Waals surface area contributed by atoms with Crippen LogP contribution < -0.4 is 5.73 Å². The summed E-state index contributed by atoms with van der Waals surface area (Å²) in [5, 5.41) is 7.65. The number of aromatic nitrogens is 2. The molecule has 0 fully saturated rings. The summed E-state index contributed by atoms with van der Waals surface area (Å²) in [5.74, 6) is 1.18. The molecule has 0 aromatic carbocycles. The fourth-order valence-corrected chi connectivity index (χ4v) is 0.896. The Morgan fingerprint density at radius 2 is 1.83 bits per heavy atom. The van der Waals surface area contributed by atoms with Crippen molar-refractivity contribution in [2.45, 2.75) is 33.7 Å².